The van der Waals surface area contributed by atoms with Crippen LogP contribution in [0.3, 0.4) is 0 Å². The lowest BCUT2D eigenvalue weighted by Gasteiger charge is -1.96. The second-order valence-corrected chi connectivity index (χ2v) is 1.56. The number of carbonyl (C=O) groups excluding carboxylic acids is 1. The molecule has 0 saturated heterocycles. The van der Waals surface area contributed by atoms with Gasteiger partial charge in [-0.05, 0) is 13.3 Å². The standard InChI is InChI=1S/C6H12O2.ClH.HI/c1-3-5-6(7)8-4-2;;/h3-5H2,1-2H3;2*1H. The van der Waals surface area contributed by atoms with E-state index in [2.05, 4.69) is 4.74 Å². The SMILES string of the molecule is CCCC(=O)OCC.Cl.I. The first kappa shape index (κ1) is 16.8. The summed E-state index contributed by atoms with van der Waals surface area (Å²) >= 11 is 0. The van der Waals surface area contributed by atoms with Crippen LogP contribution in [0.2, 0.25) is 0 Å². The van der Waals surface area contributed by atoms with Crippen molar-refractivity contribution in [1.82, 2.24) is 0 Å². The molecule has 0 N–H and O–H groups in total. The predicted octanol–water partition coefficient (Wildman–Crippen LogP) is 2.39. The van der Waals surface area contributed by atoms with Crippen LogP contribution in [-0.2, 0) is 9.53 Å². The second-order valence-electron chi connectivity index (χ2n) is 1.56. The zero-order valence-corrected chi connectivity index (χ0v) is 9.40. The molecule has 64 valence electrons. The molecule has 0 amide bonds. The third-order valence-electron chi connectivity index (χ3n) is 0.759. The summed E-state index contributed by atoms with van der Waals surface area (Å²) in [5, 5.41) is 0. The highest BCUT2D eigenvalue weighted by Crippen LogP contribution is 1.89. The molecule has 0 fully saturated rings. The third-order valence-corrected chi connectivity index (χ3v) is 0.759. The first-order valence-corrected chi connectivity index (χ1v) is 2.96. The Hall–Kier alpha value is 0.490. The van der Waals surface area contributed by atoms with E-state index in [-0.39, 0.29) is 42.4 Å². The minimum atomic E-state index is -0.0880. The van der Waals surface area contributed by atoms with Gasteiger partial charge >= 0.3 is 5.97 Å². The highest BCUT2D eigenvalue weighted by molar-refractivity contribution is 14.0. The van der Waals surface area contributed by atoms with Crippen molar-refractivity contribution in [1.29, 1.82) is 0 Å². The zero-order valence-electron chi connectivity index (χ0n) is 6.25. The molecule has 0 aliphatic heterocycles. The number of hydrogen-bond donors (Lipinski definition) is 0. The van der Waals surface area contributed by atoms with Gasteiger partial charge in [0, 0.05) is 6.42 Å². The van der Waals surface area contributed by atoms with E-state index in [9.17, 15) is 4.79 Å². The highest BCUT2D eigenvalue weighted by Gasteiger charge is 1.95. The van der Waals surface area contributed by atoms with Crippen LogP contribution in [0.15, 0.2) is 0 Å². The van der Waals surface area contributed by atoms with Gasteiger partial charge in [0.25, 0.3) is 0 Å². The van der Waals surface area contributed by atoms with E-state index in [1.54, 1.807) is 0 Å². The fourth-order valence-electron chi connectivity index (χ4n) is 0.437. The molecule has 0 rings (SSSR count). The lowest BCUT2D eigenvalue weighted by Crippen LogP contribution is -2.01. The number of halogens is 2. The van der Waals surface area contributed by atoms with Crippen molar-refractivity contribution in [3.05, 3.63) is 0 Å². The van der Waals surface area contributed by atoms with Crippen LogP contribution in [0.1, 0.15) is 26.7 Å². The van der Waals surface area contributed by atoms with Crippen molar-refractivity contribution < 1.29 is 9.53 Å². The van der Waals surface area contributed by atoms with E-state index in [0.29, 0.717) is 13.0 Å². The minimum Gasteiger partial charge on any atom is -0.466 e. The molecule has 0 aromatic rings. The summed E-state index contributed by atoms with van der Waals surface area (Å²) < 4.78 is 4.64. The summed E-state index contributed by atoms with van der Waals surface area (Å²) in [6.45, 7) is 4.27. The molecule has 2 nitrogen and oxygen atoms in total. The minimum absolute atomic E-state index is 0. The van der Waals surface area contributed by atoms with E-state index in [1.165, 1.54) is 0 Å². The summed E-state index contributed by atoms with van der Waals surface area (Å²) in [5.74, 6) is -0.0880. The summed E-state index contributed by atoms with van der Waals surface area (Å²) in [7, 11) is 0. The number of carbonyl (C=O) groups is 1. The monoisotopic (exact) mass is 280 g/mol. The van der Waals surface area contributed by atoms with Gasteiger partial charge in [0.2, 0.25) is 0 Å². The molecule has 0 aromatic heterocycles. The average Bonchev–Trinajstić information content (AvgIpc) is 1.68. The molecule has 0 aromatic carbocycles. The molecule has 0 spiro atoms. The Morgan fingerprint density at radius 1 is 1.40 bits per heavy atom. The highest BCUT2D eigenvalue weighted by atomic mass is 127. The molecule has 0 radical (unpaired) electrons. The summed E-state index contributed by atoms with van der Waals surface area (Å²) in [4.78, 5) is 10.4. The number of hydrogen-bond acceptors (Lipinski definition) is 2. The quantitative estimate of drug-likeness (QED) is 0.586. The molecule has 0 unspecified atom stereocenters. The first-order chi connectivity index (χ1) is 3.81. The second kappa shape index (κ2) is 12.2. The molecule has 0 saturated carbocycles. The van der Waals surface area contributed by atoms with E-state index in [4.69, 9.17) is 0 Å². The van der Waals surface area contributed by atoms with Gasteiger partial charge in [-0.3, -0.25) is 4.79 Å². The number of esters is 1. The van der Waals surface area contributed by atoms with Crippen LogP contribution in [0.25, 0.3) is 0 Å². The summed E-state index contributed by atoms with van der Waals surface area (Å²) in [6, 6.07) is 0. The predicted molar refractivity (Wildman–Crippen MR) is 54.2 cm³/mol. The zero-order chi connectivity index (χ0) is 6.41. The van der Waals surface area contributed by atoms with Crippen LogP contribution < -0.4 is 0 Å². The largest absolute Gasteiger partial charge is 0.466 e. The van der Waals surface area contributed by atoms with Gasteiger partial charge in [-0.25, -0.2) is 0 Å². The molecular weight excluding hydrogens is 266 g/mol. The smallest absolute Gasteiger partial charge is 0.305 e. The average molecular weight is 281 g/mol. The van der Waals surface area contributed by atoms with Crippen molar-refractivity contribution in [3.63, 3.8) is 0 Å². The van der Waals surface area contributed by atoms with Crippen LogP contribution in [0.4, 0.5) is 0 Å². The lowest BCUT2D eigenvalue weighted by atomic mass is 10.3. The van der Waals surface area contributed by atoms with Gasteiger partial charge in [-0.2, -0.15) is 0 Å². The molecule has 0 atom stereocenters. The number of rotatable bonds is 3. The van der Waals surface area contributed by atoms with E-state index >= 15 is 0 Å². The van der Waals surface area contributed by atoms with Gasteiger partial charge in [0.15, 0.2) is 0 Å². The topological polar surface area (TPSA) is 26.3 Å². The fourth-order valence-corrected chi connectivity index (χ4v) is 0.437. The van der Waals surface area contributed by atoms with E-state index in [1.807, 2.05) is 13.8 Å². The van der Waals surface area contributed by atoms with Gasteiger partial charge in [0.1, 0.15) is 0 Å². The van der Waals surface area contributed by atoms with Crippen molar-refractivity contribution >= 4 is 42.4 Å². The van der Waals surface area contributed by atoms with Gasteiger partial charge < -0.3 is 4.74 Å². The van der Waals surface area contributed by atoms with Gasteiger partial charge in [-0.15, -0.1) is 36.4 Å². The Balaban J connectivity index is -0.000000245. The fraction of sp³-hybridized carbons (Fsp3) is 0.833. The first-order valence-electron chi connectivity index (χ1n) is 2.96. The maximum Gasteiger partial charge on any atom is 0.305 e. The summed E-state index contributed by atoms with van der Waals surface area (Å²) in [5.41, 5.74) is 0. The van der Waals surface area contributed by atoms with Crippen LogP contribution in [0, 0.1) is 0 Å². The Labute approximate surface area is 85.1 Å². The van der Waals surface area contributed by atoms with E-state index in [0.717, 1.165) is 6.42 Å². The third kappa shape index (κ3) is 11.3. The lowest BCUT2D eigenvalue weighted by molar-refractivity contribution is -0.143. The molecular formula is C6H14ClIO2. The molecule has 0 heterocycles. The molecule has 0 aliphatic rings. The Morgan fingerprint density at radius 3 is 2.20 bits per heavy atom. The molecule has 4 heteroatoms. The Kier molecular flexibility index (Phi) is 20.5. The molecule has 0 aliphatic carbocycles. The summed E-state index contributed by atoms with van der Waals surface area (Å²) in [6.07, 6.45) is 1.42. The number of ether oxygens (including phenoxy) is 1. The maximum atomic E-state index is 10.4. The van der Waals surface area contributed by atoms with Crippen LogP contribution in [-0.4, -0.2) is 12.6 Å². The van der Waals surface area contributed by atoms with Gasteiger partial charge in [-0.1, -0.05) is 6.92 Å². The van der Waals surface area contributed by atoms with Crippen molar-refractivity contribution in [2.75, 3.05) is 6.61 Å². The molecule has 0 bridgehead atoms. The van der Waals surface area contributed by atoms with Crippen LogP contribution >= 0.6 is 36.4 Å². The van der Waals surface area contributed by atoms with Crippen LogP contribution in [0.5, 0.6) is 0 Å². The van der Waals surface area contributed by atoms with Crippen molar-refractivity contribution in [2.24, 2.45) is 0 Å². The Bertz CT molecular complexity index is 70.1. The Morgan fingerprint density at radius 2 is 1.90 bits per heavy atom. The normalized spacial score (nSPS) is 7.00. The maximum absolute atomic E-state index is 10.4. The van der Waals surface area contributed by atoms with Gasteiger partial charge in [0.05, 0.1) is 6.61 Å². The van der Waals surface area contributed by atoms with Crippen molar-refractivity contribution in [3.8, 4) is 0 Å². The van der Waals surface area contributed by atoms with E-state index < -0.39 is 0 Å². The molecule has 10 heavy (non-hydrogen) atoms. The van der Waals surface area contributed by atoms with Crippen molar-refractivity contribution in [2.45, 2.75) is 26.7 Å².